The van der Waals surface area contributed by atoms with Crippen LogP contribution < -0.4 is 5.73 Å². The number of rotatable bonds is 5. The van der Waals surface area contributed by atoms with Gasteiger partial charge >= 0.3 is 5.97 Å². The number of hydrogen-bond donors (Lipinski definition) is 1. The molecule has 0 saturated carbocycles. The van der Waals surface area contributed by atoms with Crippen molar-refractivity contribution in [3.63, 3.8) is 0 Å². The highest BCUT2D eigenvalue weighted by Gasteiger charge is 2.21. The van der Waals surface area contributed by atoms with Crippen LogP contribution in [0, 0.1) is 0 Å². The average Bonchev–Trinajstić information content (AvgIpc) is 2.31. The molecule has 2 N–H and O–H groups in total. The van der Waals surface area contributed by atoms with Gasteiger partial charge in [0.05, 0.1) is 18.7 Å². The average molecular weight is 279 g/mol. The second-order valence-electron chi connectivity index (χ2n) is 3.45. The van der Waals surface area contributed by atoms with Crippen LogP contribution in [0.2, 0.25) is 5.02 Å². The molecule has 0 aliphatic carbocycles. The lowest BCUT2D eigenvalue weighted by molar-refractivity contribution is -0.142. The molecule has 0 aliphatic rings. The third-order valence-electron chi connectivity index (χ3n) is 2.20. The summed E-state index contributed by atoms with van der Waals surface area (Å²) in [5, 5.41) is 0.0498. The molecule has 18 heavy (non-hydrogen) atoms. The summed E-state index contributed by atoms with van der Waals surface area (Å²) in [4.78, 5) is 15.0. The molecule has 0 radical (unpaired) electrons. The molecule has 1 heterocycles. The van der Waals surface area contributed by atoms with E-state index in [9.17, 15) is 13.6 Å². The number of nitrogens with zero attached hydrogens (tertiary/aromatic N) is 1. The molecule has 1 aromatic rings. The van der Waals surface area contributed by atoms with E-state index in [1.165, 1.54) is 6.07 Å². The number of esters is 1. The molecule has 4 nitrogen and oxygen atoms in total. The van der Waals surface area contributed by atoms with Crippen molar-refractivity contribution in [3.8, 4) is 0 Å². The lowest BCUT2D eigenvalue weighted by Crippen LogP contribution is -2.13. The maximum absolute atomic E-state index is 12.8. The van der Waals surface area contributed by atoms with Crippen molar-refractivity contribution in [3.05, 3.63) is 28.0 Å². The van der Waals surface area contributed by atoms with Gasteiger partial charge in [-0.2, -0.15) is 0 Å². The highest BCUT2D eigenvalue weighted by Crippen LogP contribution is 2.28. The Morgan fingerprint density at radius 1 is 1.61 bits per heavy atom. The van der Waals surface area contributed by atoms with E-state index in [-0.39, 0.29) is 35.9 Å². The van der Waals surface area contributed by atoms with Crippen LogP contribution in [0.15, 0.2) is 6.07 Å². The van der Waals surface area contributed by atoms with Crippen LogP contribution in [0.5, 0.6) is 0 Å². The Morgan fingerprint density at radius 3 is 2.78 bits per heavy atom. The van der Waals surface area contributed by atoms with Gasteiger partial charge in [0.1, 0.15) is 5.69 Å². The van der Waals surface area contributed by atoms with E-state index in [2.05, 4.69) is 4.98 Å². The van der Waals surface area contributed by atoms with Gasteiger partial charge in [0.25, 0.3) is 6.43 Å². The standard InChI is InChI=1S/C11H13ClF2N2O2/c1-2-18-9(17)4-7-8(12)3-6(5-15)16-10(7)11(13)14/h3,11H,2,4-5,15H2,1H3. The van der Waals surface area contributed by atoms with E-state index in [0.29, 0.717) is 0 Å². The molecule has 0 spiro atoms. The van der Waals surface area contributed by atoms with Gasteiger partial charge in [-0.3, -0.25) is 9.78 Å². The molecule has 0 saturated heterocycles. The lowest BCUT2D eigenvalue weighted by Gasteiger charge is -2.11. The van der Waals surface area contributed by atoms with Gasteiger partial charge < -0.3 is 10.5 Å². The number of hydrogen-bond acceptors (Lipinski definition) is 4. The van der Waals surface area contributed by atoms with Crippen molar-refractivity contribution in [1.82, 2.24) is 4.98 Å². The predicted octanol–water partition coefficient (Wildman–Crippen LogP) is 2.24. The van der Waals surface area contributed by atoms with Crippen LogP contribution in [-0.4, -0.2) is 17.6 Å². The quantitative estimate of drug-likeness (QED) is 0.839. The topological polar surface area (TPSA) is 65.2 Å². The first-order valence-corrected chi connectivity index (χ1v) is 5.69. The number of halogens is 3. The minimum atomic E-state index is -2.82. The molecular weight excluding hydrogens is 266 g/mol. The summed E-state index contributed by atoms with van der Waals surface area (Å²) in [5.74, 6) is -0.622. The normalized spacial score (nSPS) is 10.8. The van der Waals surface area contributed by atoms with E-state index in [0.717, 1.165) is 0 Å². The molecule has 0 aliphatic heterocycles. The Kier molecular flexibility index (Phi) is 5.43. The molecule has 0 amide bonds. The van der Waals surface area contributed by atoms with Crippen LogP contribution in [0.4, 0.5) is 8.78 Å². The highest BCUT2D eigenvalue weighted by molar-refractivity contribution is 6.31. The van der Waals surface area contributed by atoms with E-state index in [4.69, 9.17) is 22.1 Å². The second-order valence-corrected chi connectivity index (χ2v) is 3.85. The minimum Gasteiger partial charge on any atom is -0.466 e. The van der Waals surface area contributed by atoms with Crippen LogP contribution in [0.3, 0.4) is 0 Å². The van der Waals surface area contributed by atoms with Crippen molar-refractivity contribution in [2.75, 3.05) is 6.61 Å². The molecule has 0 aromatic carbocycles. The number of aromatic nitrogens is 1. The van der Waals surface area contributed by atoms with Crippen LogP contribution >= 0.6 is 11.6 Å². The van der Waals surface area contributed by atoms with Crippen LogP contribution in [0.1, 0.15) is 30.3 Å². The zero-order valence-electron chi connectivity index (χ0n) is 9.75. The van der Waals surface area contributed by atoms with Crippen LogP contribution in [-0.2, 0) is 22.5 Å². The summed E-state index contributed by atoms with van der Waals surface area (Å²) in [6.07, 6.45) is -3.15. The van der Waals surface area contributed by atoms with Gasteiger partial charge in [0.2, 0.25) is 0 Å². The van der Waals surface area contributed by atoms with Gasteiger partial charge in [-0.1, -0.05) is 11.6 Å². The summed E-state index contributed by atoms with van der Waals surface area (Å²) in [6.45, 7) is 1.80. The summed E-state index contributed by atoms with van der Waals surface area (Å²) in [6, 6.07) is 1.38. The fraction of sp³-hybridized carbons (Fsp3) is 0.455. The molecule has 0 atom stereocenters. The zero-order chi connectivity index (χ0) is 13.7. The number of carbonyl (C=O) groups is 1. The van der Waals surface area contributed by atoms with Gasteiger partial charge in [-0.05, 0) is 13.0 Å². The van der Waals surface area contributed by atoms with E-state index >= 15 is 0 Å². The molecule has 0 unspecified atom stereocenters. The Morgan fingerprint density at radius 2 is 2.28 bits per heavy atom. The Bertz CT molecular complexity index is 441. The SMILES string of the molecule is CCOC(=O)Cc1c(Cl)cc(CN)nc1C(F)F. The van der Waals surface area contributed by atoms with Gasteiger partial charge in [0, 0.05) is 17.1 Å². The number of alkyl halides is 2. The predicted molar refractivity (Wildman–Crippen MR) is 62.4 cm³/mol. The number of carbonyl (C=O) groups excluding carboxylic acids is 1. The monoisotopic (exact) mass is 278 g/mol. The van der Waals surface area contributed by atoms with E-state index in [1.807, 2.05) is 0 Å². The lowest BCUT2D eigenvalue weighted by atomic mass is 10.1. The Labute approximate surface area is 108 Å². The Hall–Kier alpha value is -1.27. The maximum atomic E-state index is 12.8. The fourth-order valence-electron chi connectivity index (χ4n) is 1.43. The summed E-state index contributed by atoms with van der Waals surface area (Å²) >= 11 is 5.86. The largest absolute Gasteiger partial charge is 0.466 e. The van der Waals surface area contributed by atoms with Crippen molar-refractivity contribution in [2.24, 2.45) is 5.73 Å². The number of pyridine rings is 1. The first kappa shape index (κ1) is 14.8. The van der Waals surface area contributed by atoms with Crippen LogP contribution in [0.25, 0.3) is 0 Å². The first-order valence-electron chi connectivity index (χ1n) is 5.31. The number of nitrogens with two attached hydrogens (primary N) is 1. The molecular formula is C11H13ClF2N2O2. The molecule has 100 valence electrons. The number of ether oxygens (including phenoxy) is 1. The third-order valence-corrected chi connectivity index (χ3v) is 2.53. The van der Waals surface area contributed by atoms with E-state index in [1.54, 1.807) is 6.92 Å². The second kappa shape index (κ2) is 6.61. The first-order chi connectivity index (χ1) is 8.49. The van der Waals surface area contributed by atoms with Gasteiger partial charge in [-0.15, -0.1) is 0 Å². The molecule has 1 aromatic heterocycles. The smallest absolute Gasteiger partial charge is 0.310 e. The van der Waals surface area contributed by atoms with Crippen molar-refractivity contribution < 1.29 is 18.3 Å². The maximum Gasteiger partial charge on any atom is 0.310 e. The van der Waals surface area contributed by atoms with Gasteiger partial charge in [-0.25, -0.2) is 8.78 Å². The summed E-state index contributed by atoms with van der Waals surface area (Å²) < 4.78 is 30.4. The van der Waals surface area contributed by atoms with Crippen molar-refractivity contribution in [1.29, 1.82) is 0 Å². The van der Waals surface area contributed by atoms with Crippen molar-refractivity contribution >= 4 is 17.6 Å². The molecule has 0 bridgehead atoms. The fourth-order valence-corrected chi connectivity index (χ4v) is 1.72. The van der Waals surface area contributed by atoms with Gasteiger partial charge in [0.15, 0.2) is 0 Å². The Balaban J connectivity index is 3.12. The summed E-state index contributed by atoms with van der Waals surface area (Å²) in [7, 11) is 0. The molecule has 1 rings (SSSR count). The minimum absolute atomic E-state index is 0.000867. The van der Waals surface area contributed by atoms with Crippen molar-refractivity contribution in [2.45, 2.75) is 26.3 Å². The summed E-state index contributed by atoms with van der Waals surface area (Å²) in [5.41, 5.74) is 5.05. The third kappa shape index (κ3) is 3.61. The highest BCUT2D eigenvalue weighted by atomic mass is 35.5. The molecule has 0 fully saturated rings. The van der Waals surface area contributed by atoms with E-state index < -0.39 is 18.1 Å². The molecule has 7 heteroatoms. The zero-order valence-corrected chi connectivity index (χ0v) is 10.5.